The molecule has 0 saturated carbocycles. The Morgan fingerprint density at radius 3 is 2.17 bits per heavy atom. The second-order valence-electron chi connectivity index (χ2n) is 6.96. The number of hydrogen-bond donors (Lipinski definition) is 0. The van der Waals surface area contributed by atoms with E-state index in [2.05, 4.69) is 54.8 Å². The van der Waals surface area contributed by atoms with Crippen LogP contribution in [0.5, 0.6) is 0 Å². The lowest BCUT2D eigenvalue weighted by molar-refractivity contribution is 1.04. The fourth-order valence-corrected chi connectivity index (χ4v) is 3.34. The van der Waals surface area contributed by atoms with Crippen LogP contribution in [0.1, 0.15) is 11.4 Å². The Morgan fingerprint density at radius 2 is 1.38 bits per heavy atom. The van der Waals surface area contributed by atoms with E-state index in [1.807, 2.05) is 48.6 Å². The van der Waals surface area contributed by atoms with E-state index < -0.39 is 0 Å². The Kier molecular flexibility index (Phi) is 4.23. The lowest BCUT2D eigenvalue weighted by atomic mass is 10.0. The van der Waals surface area contributed by atoms with E-state index in [0.717, 1.165) is 16.7 Å². The van der Waals surface area contributed by atoms with Gasteiger partial charge in [-0.25, -0.2) is 15.0 Å². The summed E-state index contributed by atoms with van der Waals surface area (Å²) in [6, 6.07) is 22.7. The van der Waals surface area contributed by atoms with E-state index in [9.17, 15) is 0 Å². The van der Waals surface area contributed by atoms with Crippen molar-refractivity contribution in [1.29, 1.82) is 0 Å². The Labute approximate surface area is 169 Å². The molecule has 0 aliphatic heterocycles. The minimum absolute atomic E-state index is 0.628. The molecule has 136 valence electrons. The summed E-state index contributed by atoms with van der Waals surface area (Å²) in [7, 11) is 0. The van der Waals surface area contributed by atoms with Crippen LogP contribution < -0.4 is 0 Å². The van der Waals surface area contributed by atoms with Gasteiger partial charge < -0.3 is 0 Å². The molecule has 3 aromatic carbocycles. The Bertz CT molecular complexity index is 1370. The van der Waals surface area contributed by atoms with Crippen molar-refractivity contribution in [2.24, 2.45) is 0 Å². The molecule has 1 aliphatic carbocycles. The van der Waals surface area contributed by atoms with Gasteiger partial charge in [0.05, 0.1) is 0 Å². The van der Waals surface area contributed by atoms with Crippen LogP contribution in [0.3, 0.4) is 0 Å². The molecule has 0 atom stereocenters. The van der Waals surface area contributed by atoms with Crippen LogP contribution in [0.2, 0.25) is 0 Å². The molecule has 5 rings (SSSR count). The van der Waals surface area contributed by atoms with Crippen LogP contribution in [-0.2, 0) is 0 Å². The van der Waals surface area contributed by atoms with E-state index >= 15 is 0 Å². The fraction of sp³-hybridized carbons (Fsp3) is 0.0385. The summed E-state index contributed by atoms with van der Waals surface area (Å²) < 4.78 is 0. The highest BCUT2D eigenvalue weighted by Gasteiger charge is 2.13. The van der Waals surface area contributed by atoms with Gasteiger partial charge in [-0.05, 0) is 42.0 Å². The van der Waals surface area contributed by atoms with Crippen LogP contribution in [0.4, 0.5) is 0 Å². The molecular formula is C26H17N3. The van der Waals surface area contributed by atoms with Crippen molar-refractivity contribution in [3.63, 3.8) is 0 Å². The Morgan fingerprint density at radius 1 is 0.655 bits per heavy atom. The molecule has 3 heteroatoms. The third-order valence-corrected chi connectivity index (χ3v) is 4.84. The van der Waals surface area contributed by atoms with Crippen molar-refractivity contribution in [3.8, 4) is 22.8 Å². The van der Waals surface area contributed by atoms with Gasteiger partial charge in [0.1, 0.15) is 0 Å². The first-order valence-corrected chi connectivity index (χ1v) is 9.47. The van der Waals surface area contributed by atoms with Gasteiger partial charge in [0, 0.05) is 16.7 Å². The molecule has 0 radical (unpaired) electrons. The average molecular weight is 371 g/mol. The third-order valence-electron chi connectivity index (χ3n) is 4.84. The number of aryl methyl sites for hydroxylation is 1. The molecule has 1 heterocycles. The van der Waals surface area contributed by atoms with Crippen molar-refractivity contribution < 1.29 is 0 Å². The van der Waals surface area contributed by atoms with Gasteiger partial charge in [-0.1, -0.05) is 77.7 Å². The summed E-state index contributed by atoms with van der Waals surface area (Å²) in [5, 5.41) is 2.37. The Hall–Kier alpha value is -4.03. The first-order valence-electron chi connectivity index (χ1n) is 9.47. The smallest absolute Gasteiger partial charge is 0.164 e. The average Bonchev–Trinajstić information content (AvgIpc) is 2.79. The zero-order chi connectivity index (χ0) is 19.6. The van der Waals surface area contributed by atoms with Crippen LogP contribution in [0, 0.1) is 6.92 Å². The molecule has 0 bridgehead atoms. The first-order chi connectivity index (χ1) is 14.3. The summed E-state index contributed by atoms with van der Waals surface area (Å²) in [6.45, 7) is 2.10. The lowest BCUT2D eigenvalue weighted by Crippen LogP contribution is -2.02. The summed E-state index contributed by atoms with van der Waals surface area (Å²) >= 11 is 0. The standard InChI is InChI=1S/C26H17N3/c1-18-12-13-22-17-23(15-14-21(22)16-18)26-28-24(19-8-4-2-5-9-19)27-25(29-26)20-10-6-3-7-11-20/h2,4-6,8-17H,1H3. The molecule has 0 saturated heterocycles. The second-order valence-corrected chi connectivity index (χ2v) is 6.96. The molecule has 0 amide bonds. The molecule has 1 aliphatic rings. The maximum absolute atomic E-state index is 4.78. The van der Waals surface area contributed by atoms with Gasteiger partial charge >= 0.3 is 0 Å². The van der Waals surface area contributed by atoms with Crippen LogP contribution in [0.25, 0.3) is 39.1 Å². The monoisotopic (exact) mass is 371 g/mol. The predicted octanol–water partition coefficient (Wildman–Crippen LogP) is 5.93. The zero-order valence-corrected chi connectivity index (χ0v) is 15.9. The van der Waals surface area contributed by atoms with Crippen molar-refractivity contribution >= 4 is 16.3 Å². The molecular weight excluding hydrogens is 354 g/mol. The Balaban J connectivity index is 1.69. The number of allylic oxidation sites excluding steroid dienone is 4. The number of hydrogen-bond acceptors (Lipinski definition) is 3. The predicted molar refractivity (Wildman–Crippen MR) is 117 cm³/mol. The topological polar surface area (TPSA) is 38.7 Å². The van der Waals surface area contributed by atoms with Crippen molar-refractivity contribution in [1.82, 2.24) is 15.0 Å². The number of aromatic nitrogens is 3. The van der Waals surface area contributed by atoms with Gasteiger partial charge in [-0.3, -0.25) is 0 Å². The van der Waals surface area contributed by atoms with Crippen molar-refractivity contribution in [3.05, 3.63) is 108 Å². The van der Waals surface area contributed by atoms with Crippen LogP contribution in [-0.4, -0.2) is 15.0 Å². The van der Waals surface area contributed by atoms with Gasteiger partial charge in [0.2, 0.25) is 0 Å². The summed E-state index contributed by atoms with van der Waals surface area (Å²) in [4.78, 5) is 14.3. The molecule has 3 nitrogen and oxygen atoms in total. The van der Waals surface area contributed by atoms with Crippen LogP contribution in [0.15, 0.2) is 96.4 Å². The third kappa shape index (κ3) is 3.44. The highest BCUT2D eigenvalue weighted by Crippen LogP contribution is 2.26. The van der Waals surface area contributed by atoms with Crippen molar-refractivity contribution in [2.45, 2.75) is 6.92 Å². The highest BCUT2D eigenvalue weighted by molar-refractivity contribution is 5.87. The number of nitrogens with zero attached hydrogens (tertiary/aromatic N) is 3. The maximum atomic E-state index is 4.78. The molecule has 29 heavy (non-hydrogen) atoms. The van der Waals surface area contributed by atoms with E-state index in [1.165, 1.54) is 16.3 Å². The van der Waals surface area contributed by atoms with Crippen LogP contribution >= 0.6 is 0 Å². The van der Waals surface area contributed by atoms with Gasteiger partial charge in [-0.2, -0.15) is 0 Å². The second kappa shape index (κ2) is 7.18. The zero-order valence-electron chi connectivity index (χ0n) is 15.9. The van der Waals surface area contributed by atoms with E-state index in [0.29, 0.717) is 17.5 Å². The SMILES string of the molecule is Cc1ccc2cc(-c3nc(C4=CC=C=C=C4)nc(-c4ccccc4)n3)ccc2c1. The molecule has 0 N–H and O–H groups in total. The molecule has 0 spiro atoms. The molecule has 4 aromatic rings. The number of benzene rings is 3. The molecule has 0 fully saturated rings. The normalized spacial score (nSPS) is 12.4. The van der Waals surface area contributed by atoms with Crippen molar-refractivity contribution in [2.75, 3.05) is 0 Å². The van der Waals surface area contributed by atoms with Gasteiger partial charge in [-0.15, -0.1) is 0 Å². The van der Waals surface area contributed by atoms with Gasteiger partial charge in [0.15, 0.2) is 17.5 Å². The largest absolute Gasteiger partial charge is 0.208 e. The fourth-order valence-electron chi connectivity index (χ4n) is 3.34. The minimum atomic E-state index is 0.628. The lowest BCUT2D eigenvalue weighted by Gasteiger charge is -2.09. The van der Waals surface area contributed by atoms with E-state index in [4.69, 9.17) is 15.0 Å². The summed E-state index contributed by atoms with van der Waals surface area (Å²) in [5.74, 6) is 1.94. The minimum Gasteiger partial charge on any atom is -0.208 e. The number of rotatable bonds is 3. The molecule has 0 unspecified atom stereocenters. The highest BCUT2D eigenvalue weighted by atomic mass is 15.0. The van der Waals surface area contributed by atoms with E-state index in [1.54, 1.807) is 0 Å². The molecule has 1 aromatic heterocycles. The van der Waals surface area contributed by atoms with Gasteiger partial charge in [0.25, 0.3) is 0 Å². The number of fused-ring (bicyclic) bond motifs is 1. The summed E-state index contributed by atoms with van der Waals surface area (Å²) in [5.41, 5.74) is 9.97. The first kappa shape index (κ1) is 17.1. The maximum Gasteiger partial charge on any atom is 0.164 e. The van der Waals surface area contributed by atoms with E-state index in [-0.39, 0.29) is 0 Å². The summed E-state index contributed by atoms with van der Waals surface area (Å²) in [6.07, 6.45) is 5.60. The quantitative estimate of drug-likeness (QED) is 0.419.